The first-order valence-corrected chi connectivity index (χ1v) is 9.47. The number of nitrogens with zero attached hydrogens (tertiary/aromatic N) is 2. The molecule has 1 aliphatic heterocycles. The number of hydrogen-bond donors (Lipinski definition) is 2. The molecule has 0 bridgehead atoms. The van der Waals surface area contributed by atoms with Gasteiger partial charge in [-0.3, -0.25) is 9.79 Å². The molecule has 1 fully saturated rings. The van der Waals surface area contributed by atoms with Crippen molar-refractivity contribution < 1.29 is 4.79 Å². The number of benzene rings is 2. The molecule has 2 aromatic carbocycles. The highest BCUT2D eigenvalue weighted by Gasteiger charge is 2.21. The average Bonchev–Trinajstić information content (AvgIpc) is 3.09. The van der Waals surface area contributed by atoms with Crippen LogP contribution in [0.4, 0.5) is 5.69 Å². The van der Waals surface area contributed by atoms with Crippen molar-refractivity contribution in [2.75, 3.05) is 18.5 Å². The summed E-state index contributed by atoms with van der Waals surface area (Å²) >= 11 is 0. The van der Waals surface area contributed by atoms with Crippen LogP contribution in [0, 0.1) is 13.8 Å². The van der Waals surface area contributed by atoms with Gasteiger partial charge in [0.2, 0.25) is 5.91 Å². The Morgan fingerprint density at radius 3 is 2.39 bits per heavy atom. The van der Waals surface area contributed by atoms with Crippen molar-refractivity contribution in [3.05, 3.63) is 64.7 Å². The minimum Gasteiger partial charge on any atom is -0.352 e. The molecule has 3 rings (SSSR count). The Labute approximate surface area is 184 Å². The van der Waals surface area contributed by atoms with Gasteiger partial charge in [0.15, 0.2) is 5.96 Å². The van der Waals surface area contributed by atoms with Gasteiger partial charge in [0.25, 0.3) is 0 Å². The minimum atomic E-state index is 0. The molecular weight excluding hydrogens is 463 g/mol. The second-order valence-corrected chi connectivity index (χ2v) is 7.02. The van der Waals surface area contributed by atoms with Crippen molar-refractivity contribution in [2.45, 2.75) is 39.8 Å². The second kappa shape index (κ2) is 10.5. The van der Waals surface area contributed by atoms with Crippen molar-refractivity contribution in [2.24, 2.45) is 4.99 Å². The van der Waals surface area contributed by atoms with E-state index in [9.17, 15) is 4.79 Å². The third kappa shape index (κ3) is 5.70. The first kappa shape index (κ1) is 22.2. The number of nitrogens with one attached hydrogen (secondary N) is 2. The van der Waals surface area contributed by atoms with Crippen LogP contribution in [-0.2, 0) is 17.9 Å². The highest BCUT2D eigenvalue weighted by molar-refractivity contribution is 14.0. The lowest BCUT2D eigenvalue weighted by molar-refractivity contribution is -0.117. The topological polar surface area (TPSA) is 56.7 Å². The van der Waals surface area contributed by atoms with Crippen LogP contribution in [0.1, 0.15) is 35.1 Å². The molecule has 5 nitrogen and oxygen atoms in total. The van der Waals surface area contributed by atoms with Crippen LogP contribution in [0.15, 0.2) is 47.5 Å². The van der Waals surface area contributed by atoms with E-state index < -0.39 is 0 Å². The van der Waals surface area contributed by atoms with Crippen molar-refractivity contribution in [3.63, 3.8) is 0 Å². The molecule has 0 aromatic heterocycles. The van der Waals surface area contributed by atoms with Gasteiger partial charge < -0.3 is 15.5 Å². The summed E-state index contributed by atoms with van der Waals surface area (Å²) in [7, 11) is 1.78. The summed E-state index contributed by atoms with van der Waals surface area (Å²) in [6, 6.07) is 14.6. The molecule has 2 aromatic rings. The maximum absolute atomic E-state index is 11.8. The summed E-state index contributed by atoms with van der Waals surface area (Å²) in [5.41, 5.74) is 5.96. The van der Waals surface area contributed by atoms with E-state index in [1.54, 1.807) is 7.05 Å². The Morgan fingerprint density at radius 2 is 1.79 bits per heavy atom. The Balaban J connectivity index is 0.00000280. The third-order valence-electron chi connectivity index (χ3n) is 4.95. The monoisotopic (exact) mass is 492 g/mol. The number of halogens is 1. The Bertz CT molecular complexity index is 833. The average molecular weight is 492 g/mol. The maximum Gasteiger partial charge on any atom is 0.227 e. The SMILES string of the molecule is CN=C(NCc1ccc(N2CCCC2=O)cc1)NCc1ccc(C)cc1C.I. The first-order valence-electron chi connectivity index (χ1n) is 9.47. The number of amides is 1. The zero-order chi connectivity index (χ0) is 19.2. The number of guanidine groups is 1. The van der Waals surface area contributed by atoms with Gasteiger partial charge in [-0.05, 0) is 49.1 Å². The molecule has 28 heavy (non-hydrogen) atoms. The van der Waals surface area contributed by atoms with Gasteiger partial charge in [0.05, 0.1) is 0 Å². The van der Waals surface area contributed by atoms with Gasteiger partial charge in [0, 0.05) is 38.8 Å². The number of aryl methyl sites for hydroxylation is 2. The Morgan fingerprint density at radius 1 is 1.07 bits per heavy atom. The molecule has 1 heterocycles. The van der Waals surface area contributed by atoms with Crippen LogP contribution < -0.4 is 15.5 Å². The van der Waals surface area contributed by atoms with Crippen LogP contribution in [0.2, 0.25) is 0 Å². The molecule has 1 amide bonds. The number of carbonyl (C=O) groups excluding carboxylic acids is 1. The van der Waals surface area contributed by atoms with E-state index in [1.807, 2.05) is 17.0 Å². The van der Waals surface area contributed by atoms with Crippen LogP contribution >= 0.6 is 24.0 Å². The largest absolute Gasteiger partial charge is 0.352 e. The summed E-state index contributed by atoms with van der Waals surface area (Å²) in [6.45, 7) is 6.48. The number of aliphatic imine (C=N–C) groups is 1. The quantitative estimate of drug-likeness (QED) is 0.378. The number of anilines is 1. The molecular formula is C22H29IN4O. The molecule has 0 saturated carbocycles. The van der Waals surface area contributed by atoms with E-state index in [1.165, 1.54) is 16.7 Å². The normalized spacial score (nSPS) is 14.0. The standard InChI is InChI=1S/C22H28N4O.HI/c1-16-6-9-19(17(2)13-16)15-25-22(23-3)24-14-18-7-10-20(11-8-18)26-12-4-5-21(26)27;/h6-11,13H,4-5,12,14-15H2,1-3H3,(H2,23,24,25);1H. The van der Waals surface area contributed by atoms with Crippen molar-refractivity contribution in [1.29, 1.82) is 0 Å². The summed E-state index contributed by atoms with van der Waals surface area (Å²) in [5, 5.41) is 6.71. The highest BCUT2D eigenvalue weighted by atomic mass is 127. The van der Waals surface area contributed by atoms with Crippen molar-refractivity contribution >= 4 is 41.5 Å². The predicted molar refractivity (Wildman–Crippen MR) is 126 cm³/mol. The lowest BCUT2D eigenvalue weighted by Gasteiger charge is -2.16. The van der Waals surface area contributed by atoms with E-state index in [0.29, 0.717) is 13.0 Å². The highest BCUT2D eigenvalue weighted by Crippen LogP contribution is 2.21. The molecule has 150 valence electrons. The first-order chi connectivity index (χ1) is 13.1. The third-order valence-corrected chi connectivity index (χ3v) is 4.95. The smallest absolute Gasteiger partial charge is 0.227 e. The molecule has 0 spiro atoms. The van der Waals surface area contributed by atoms with Gasteiger partial charge in [-0.15, -0.1) is 24.0 Å². The van der Waals surface area contributed by atoms with Crippen molar-refractivity contribution in [3.8, 4) is 0 Å². The molecule has 0 radical (unpaired) electrons. The van der Waals surface area contributed by atoms with Gasteiger partial charge in [-0.2, -0.15) is 0 Å². The molecule has 0 unspecified atom stereocenters. The van der Waals surface area contributed by atoms with E-state index in [4.69, 9.17) is 0 Å². The lowest BCUT2D eigenvalue weighted by Crippen LogP contribution is -2.36. The number of rotatable bonds is 5. The van der Waals surface area contributed by atoms with Crippen LogP contribution in [0.3, 0.4) is 0 Å². The Hall–Kier alpha value is -2.09. The van der Waals surface area contributed by atoms with Gasteiger partial charge in [0.1, 0.15) is 0 Å². The van der Waals surface area contributed by atoms with E-state index >= 15 is 0 Å². The molecule has 6 heteroatoms. The van der Waals surface area contributed by atoms with Gasteiger partial charge in [-0.1, -0.05) is 35.9 Å². The second-order valence-electron chi connectivity index (χ2n) is 7.02. The predicted octanol–water partition coefficient (Wildman–Crippen LogP) is 3.91. The van der Waals surface area contributed by atoms with Crippen LogP contribution in [0.25, 0.3) is 0 Å². The minimum absolute atomic E-state index is 0. The molecule has 0 aliphatic carbocycles. The summed E-state index contributed by atoms with van der Waals surface area (Å²) in [5.74, 6) is 0.991. The van der Waals surface area contributed by atoms with E-state index in [2.05, 4.69) is 59.8 Å². The van der Waals surface area contributed by atoms with E-state index in [-0.39, 0.29) is 29.9 Å². The molecule has 0 atom stereocenters. The van der Waals surface area contributed by atoms with Gasteiger partial charge in [-0.25, -0.2) is 0 Å². The number of carbonyl (C=O) groups is 1. The summed E-state index contributed by atoms with van der Waals surface area (Å²) < 4.78 is 0. The fourth-order valence-corrected chi connectivity index (χ4v) is 3.34. The molecule has 1 aliphatic rings. The summed E-state index contributed by atoms with van der Waals surface area (Å²) in [4.78, 5) is 18.0. The zero-order valence-corrected chi connectivity index (χ0v) is 19.1. The van der Waals surface area contributed by atoms with Crippen LogP contribution in [-0.4, -0.2) is 25.5 Å². The molecule has 1 saturated heterocycles. The lowest BCUT2D eigenvalue weighted by atomic mass is 10.1. The molecule has 2 N–H and O–H groups in total. The van der Waals surface area contributed by atoms with Crippen LogP contribution in [0.5, 0.6) is 0 Å². The zero-order valence-electron chi connectivity index (χ0n) is 16.8. The fourth-order valence-electron chi connectivity index (χ4n) is 3.34. The number of hydrogen-bond acceptors (Lipinski definition) is 2. The van der Waals surface area contributed by atoms with Crippen molar-refractivity contribution in [1.82, 2.24) is 10.6 Å². The fraction of sp³-hybridized carbons (Fsp3) is 0.364. The summed E-state index contributed by atoms with van der Waals surface area (Å²) in [6.07, 6.45) is 1.61. The van der Waals surface area contributed by atoms with E-state index in [0.717, 1.165) is 36.7 Å². The maximum atomic E-state index is 11.8. The Kier molecular flexibility index (Phi) is 8.29. The van der Waals surface area contributed by atoms with Gasteiger partial charge >= 0.3 is 0 Å².